The molecule has 0 unspecified atom stereocenters. The summed E-state index contributed by atoms with van der Waals surface area (Å²) in [5, 5.41) is 8.76. The Morgan fingerprint density at radius 3 is 2.65 bits per heavy atom. The van der Waals surface area contributed by atoms with Crippen LogP contribution < -0.4 is 0 Å². The van der Waals surface area contributed by atoms with E-state index in [1.807, 2.05) is 28.0 Å². The van der Waals surface area contributed by atoms with Gasteiger partial charge in [-0.1, -0.05) is 0 Å². The van der Waals surface area contributed by atoms with E-state index in [1.165, 1.54) is 5.56 Å². The van der Waals surface area contributed by atoms with E-state index in [4.69, 9.17) is 4.98 Å². The third-order valence-electron chi connectivity index (χ3n) is 3.49. The molecule has 0 aliphatic rings. The minimum atomic E-state index is 0.335. The molecule has 0 aromatic carbocycles. The summed E-state index contributed by atoms with van der Waals surface area (Å²) in [4.78, 5) is 4.72. The summed E-state index contributed by atoms with van der Waals surface area (Å²) in [5.74, 6) is 0. The Kier molecular flexibility index (Phi) is 3.04. The molecule has 0 aliphatic heterocycles. The molecule has 0 radical (unpaired) electrons. The minimum Gasteiger partial charge on any atom is -0.272 e. The van der Waals surface area contributed by atoms with Crippen LogP contribution in [0.4, 0.5) is 0 Å². The van der Waals surface area contributed by atoms with Gasteiger partial charge in [0.1, 0.15) is 5.52 Å². The molecule has 0 aliphatic carbocycles. The van der Waals surface area contributed by atoms with Gasteiger partial charge in [-0.2, -0.15) is 10.2 Å². The van der Waals surface area contributed by atoms with E-state index in [0.717, 1.165) is 28.8 Å². The van der Waals surface area contributed by atoms with Crippen LogP contribution in [-0.4, -0.2) is 24.5 Å². The fourth-order valence-electron chi connectivity index (χ4n) is 2.46. The van der Waals surface area contributed by atoms with Crippen molar-refractivity contribution in [2.45, 2.75) is 40.3 Å². The molecule has 3 aromatic heterocycles. The van der Waals surface area contributed by atoms with Crippen LogP contribution in [0.2, 0.25) is 0 Å². The van der Waals surface area contributed by atoms with Crippen LogP contribution in [0.25, 0.3) is 22.3 Å². The van der Waals surface area contributed by atoms with Gasteiger partial charge in [0.15, 0.2) is 0 Å². The van der Waals surface area contributed by atoms with E-state index >= 15 is 0 Å². The molecule has 3 aromatic rings. The summed E-state index contributed by atoms with van der Waals surface area (Å²) >= 11 is 0. The third kappa shape index (κ3) is 1.99. The molecule has 3 heterocycles. The summed E-state index contributed by atoms with van der Waals surface area (Å²) in [6.07, 6.45) is 5.74. The van der Waals surface area contributed by atoms with E-state index in [1.54, 1.807) is 0 Å². The van der Waals surface area contributed by atoms with Crippen molar-refractivity contribution in [3.05, 3.63) is 30.2 Å². The molecule has 104 valence electrons. The molecule has 0 atom stereocenters. The van der Waals surface area contributed by atoms with Crippen LogP contribution in [0, 0.1) is 6.92 Å². The Bertz CT molecular complexity index is 751. The quantitative estimate of drug-likeness (QED) is 0.733. The van der Waals surface area contributed by atoms with Crippen LogP contribution in [0.15, 0.2) is 24.7 Å². The first-order chi connectivity index (χ1) is 9.60. The van der Waals surface area contributed by atoms with Gasteiger partial charge in [-0.3, -0.25) is 9.36 Å². The van der Waals surface area contributed by atoms with Gasteiger partial charge in [0.25, 0.3) is 0 Å². The molecule has 0 N–H and O–H groups in total. The van der Waals surface area contributed by atoms with Crippen LogP contribution in [0.5, 0.6) is 0 Å². The highest BCUT2D eigenvalue weighted by molar-refractivity contribution is 5.81. The lowest BCUT2D eigenvalue weighted by Gasteiger charge is -2.09. The molecular formula is C15H19N5. The van der Waals surface area contributed by atoms with E-state index in [2.05, 4.69) is 44.0 Å². The molecule has 0 amide bonds. The number of rotatable bonds is 3. The van der Waals surface area contributed by atoms with Gasteiger partial charge in [-0.05, 0) is 39.3 Å². The molecule has 0 spiro atoms. The fourth-order valence-corrected chi connectivity index (χ4v) is 2.46. The van der Waals surface area contributed by atoms with Crippen molar-refractivity contribution in [1.82, 2.24) is 24.5 Å². The second-order valence-corrected chi connectivity index (χ2v) is 5.33. The summed E-state index contributed by atoms with van der Waals surface area (Å²) in [5.41, 5.74) is 5.26. The predicted octanol–water partition coefficient (Wildman–Crippen LogP) is 3.20. The van der Waals surface area contributed by atoms with Gasteiger partial charge < -0.3 is 0 Å². The van der Waals surface area contributed by atoms with Gasteiger partial charge in [0.05, 0.1) is 23.6 Å². The Balaban J connectivity index is 2.15. The molecule has 3 rings (SSSR count). The Morgan fingerprint density at radius 1 is 1.20 bits per heavy atom. The molecule has 0 saturated heterocycles. The first kappa shape index (κ1) is 12.8. The molecule has 0 saturated carbocycles. The van der Waals surface area contributed by atoms with Crippen molar-refractivity contribution < 1.29 is 0 Å². The summed E-state index contributed by atoms with van der Waals surface area (Å²) < 4.78 is 3.94. The van der Waals surface area contributed by atoms with Gasteiger partial charge in [-0.15, -0.1) is 0 Å². The number of hydrogen-bond donors (Lipinski definition) is 0. The molecule has 0 fully saturated rings. The number of aryl methyl sites for hydroxylation is 2. The van der Waals surface area contributed by atoms with Crippen molar-refractivity contribution in [3.8, 4) is 11.3 Å². The van der Waals surface area contributed by atoms with Gasteiger partial charge >= 0.3 is 0 Å². The van der Waals surface area contributed by atoms with Crippen molar-refractivity contribution in [3.63, 3.8) is 0 Å². The first-order valence-corrected chi connectivity index (χ1v) is 6.98. The van der Waals surface area contributed by atoms with Crippen LogP contribution in [-0.2, 0) is 6.54 Å². The Labute approximate surface area is 118 Å². The largest absolute Gasteiger partial charge is 0.272 e. The Morgan fingerprint density at radius 2 is 2.00 bits per heavy atom. The zero-order chi connectivity index (χ0) is 14.3. The highest BCUT2D eigenvalue weighted by Gasteiger charge is 2.12. The standard InChI is InChI=1S/C15H19N5/c1-5-19-9-12(7-16-19)13-6-11(4)15-14(18-13)8-17-20(15)10(2)3/h6-10H,5H2,1-4H3. The van der Waals surface area contributed by atoms with Crippen LogP contribution in [0.3, 0.4) is 0 Å². The number of hydrogen-bond acceptors (Lipinski definition) is 3. The summed E-state index contributed by atoms with van der Waals surface area (Å²) in [7, 11) is 0. The maximum absolute atomic E-state index is 4.72. The summed E-state index contributed by atoms with van der Waals surface area (Å²) in [6.45, 7) is 9.31. The Hall–Kier alpha value is -2.17. The van der Waals surface area contributed by atoms with Crippen LogP contribution >= 0.6 is 0 Å². The second kappa shape index (κ2) is 4.74. The zero-order valence-corrected chi connectivity index (χ0v) is 12.3. The normalized spacial score (nSPS) is 11.7. The molecule has 0 bridgehead atoms. The number of nitrogens with zero attached hydrogens (tertiary/aromatic N) is 5. The van der Waals surface area contributed by atoms with Gasteiger partial charge in [0.2, 0.25) is 0 Å². The average Bonchev–Trinajstić information content (AvgIpc) is 3.05. The molecule has 20 heavy (non-hydrogen) atoms. The van der Waals surface area contributed by atoms with Crippen molar-refractivity contribution in [2.75, 3.05) is 0 Å². The SMILES string of the molecule is CCn1cc(-c2cc(C)c3c(cnn3C(C)C)n2)cn1. The highest BCUT2D eigenvalue weighted by atomic mass is 15.3. The second-order valence-electron chi connectivity index (χ2n) is 5.33. The lowest BCUT2D eigenvalue weighted by Crippen LogP contribution is -2.03. The van der Waals surface area contributed by atoms with Gasteiger partial charge in [0, 0.05) is 24.3 Å². The van der Waals surface area contributed by atoms with E-state index < -0.39 is 0 Å². The number of pyridine rings is 1. The van der Waals surface area contributed by atoms with Crippen molar-refractivity contribution in [2.24, 2.45) is 0 Å². The monoisotopic (exact) mass is 269 g/mol. The maximum atomic E-state index is 4.72. The summed E-state index contributed by atoms with van der Waals surface area (Å²) in [6, 6.07) is 2.45. The smallest absolute Gasteiger partial charge is 0.109 e. The lowest BCUT2D eigenvalue weighted by molar-refractivity contribution is 0.550. The average molecular weight is 269 g/mol. The lowest BCUT2D eigenvalue weighted by atomic mass is 10.1. The van der Waals surface area contributed by atoms with Crippen molar-refractivity contribution >= 4 is 11.0 Å². The van der Waals surface area contributed by atoms with E-state index in [-0.39, 0.29) is 0 Å². The highest BCUT2D eigenvalue weighted by Crippen LogP contribution is 2.25. The first-order valence-electron chi connectivity index (χ1n) is 6.98. The molecular weight excluding hydrogens is 250 g/mol. The number of fused-ring (bicyclic) bond motifs is 1. The molecule has 5 nitrogen and oxygen atoms in total. The maximum Gasteiger partial charge on any atom is 0.109 e. The van der Waals surface area contributed by atoms with Crippen molar-refractivity contribution in [1.29, 1.82) is 0 Å². The topological polar surface area (TPSA) is 48.5 Å². The van der Waals surface area contributed by atoms with E-state index in [0.29, 0.717) is 6.04 Å². The van der Waals surface area contributed by atoms with E-state index in [9.17, 15) is 0 Å². The third-order valence-corrected chi connectivity index (χ3v) is 3.49. The fraction of sp³-hybridized carbons (Fsp3) is 0.400. The minimum absolute atomic E-state index is 0.335. The zero-order valence-electron chi connectivity index (χ0n) is 12.3. The van der Waals surface area contributed by atoms with Gasteiger partial charge in [-0.25, -0.2) is 4.98 Å². The predicted molar refractivity (Wildman–Crippen MR) is 79.5 cm³/mol. The number of aromatic nitrogens is 5. The van der Waals surface area contributed by atoms with Crippen LogP contribution in [0.1, 0.15) is 32.4 Å². The molecule has 5 heteroatoms.